The maximum Gasteiger partial charge on any atom is 0.322 e. The number of carbonyl (C=O) groups is 2. The first-order valence-electron chi connectivity index (χ1n) is 12.8. The van der Waals surface area contributed by atoms with Crippen molar-refractivity contribution in [3.63, 3.8) is 0 Å². The summed E-state index contributed by atoms with van der Waals surface area (Å²) in [6.07, 6.45) is -0.0258. The third-order valence-corrected chi connectivity index (χ3v) is 7.80. The highest BCUT2D eigenvalue weighted by atomic mass is 32.2. The summed E-state index contributed by atoms with van der Waals surface area (Å²) in [6, 6.07) is 17.5. The first-order chi connectivity index (χ1) is 18.9. The van der Waals surface area contributed by atoms with Crippen molar-refractivity contribution < 1.29 is 32.3 Å². The smallest absolute Gasteiger partial charge is 0.322 e. The largest absolute Gasteiger partial charge is 0.490 e. The Balaban J connectivity index is 1.48. The molecule has 9 nitrogen and oxygen atoms in total. The minimum atomic E-state index is -4.01. The maximum atomic E-state index is 13.0. The zero-order valence-corrected chi connectivity index (χ0v) is 23.7. The standard InChI is InChI=1S/C30H32N2O7S/c1-17(2)27(30(34)35)32-40(36,37)23-15-11-21(12-16-23)20-9-13-22(14-10-20)31-29(33)28-19(5)26-24(38-18(3)4)7-6-8-25(26)39-28/h6-18,27,32H,1-5H3,(H,31,33)(H,34,35). The van der Waals surface area contributed by atoms with Crippen molar-refractivity contribution in [2.24, 2.45) is 5.92 Å². The van der Waals surface area contributed by atoms with Gasteiger partial charge in [-0.15, -0.1) is 0 Å². The van der Waals surface area contributed by atoms with E-state index in [2.05, 4.69) is 10.0 Å². The van der Waals surface area contributed by atoms with Gasteiger partial charge in [0.15, 0.2) is 5.76 Å². The number of nitrogens with one attached hydrogen (secondary N) is 2. The summed E-state index contributed by atoms with van der Waals surface area (Å²) < 4.78 is 39.4. The number of benzene rings is 3. The number of aliphatic carboxylic acids is 1. The number of ether oxygens (including phenoxy) is 1. The van der Waals surface area contributed by atoms with Crippen LogP contribution < -0.4 is 14.8 Å². The van der Waals surface area contributed by atoms with E-state index in [1.807, 2.05) is 32.9 Å². The predicted molar refractivity (Wildman–Crippen MR) is 153 cm³/mol. The van der Waals surface area contributed by atoms with E-state index in [1.165, 1.54) is 12.1 Å². The van der Waals surface area contributed by atoms with E-state index >= 15 is 0 Å². The Morgan fingerprint density at radius 2 is 1.50 bits per heavy atom. The molecule has 1 atom stereocenters. The number of rotatable bonds is 10. The fourth-order valence-corrected chi connectivity index (χ4v) is 5.64. The second kappa shape index (κ2) is 11.5. The molecule has 0 aliphatic heterocycles. The van der Waals surface area contributed by atoms with E-state index < -0.39 is 28.0 Å². The molecule has 0 saturated carbocycles. The number of hydrogen-bond acceptors (Lipinski definition) is 6. The summed E-state index contributed by atoms with van der Waals surface area (Å²) >= 11 is 0. The van der Waals surface area contributed by atoms with Crippen LogP contribution in [0.25, 0.3) is 22.1 Å². The minimum Gasteiger partial charge on any atom is -0.490 e. The molecular weight excluding hydrogens is 532 g/mol. The summed E-state index contributed by atoms with van der Waals surface area (Å²) in [5.74, 6) is -1.18. The van der Waals surface area contributed by atoms with Crippen LogP contribution in [-0.2, 0) is 14.8 Å². The molecule has 1 heterocycles. The fourth-order valence-electron chi connectivity index (χ4n) is 4.30. The van der Waals surface area contributed by atoms with Crippen LogP contribution in [0.5, 0.6) is 5.75 Å². The first kappa shape index (κ1) is 28.8. The Kier molecular flexibility index (Phi) is 8.32. The van der Waals surface area contributed by atoms with Crippen LogP contribution in [0.3, 0.4) is 0 Å². The molecule has 10 heteroatoms. The van der Waals surface area contributed by atoms with Crippen molar-refractivity contribution in [1.82, 2.24) is 4.72 Å². The first-order valence-corrected chi connectivity index (χ1v) is 14.3. The number of sulfonamides is 1. The number of amides is 1. The van der Waals surface area contributed by atoms with Crippen LogP contribution in [0.15, 0.2) is 76.0 Å². The van der Waals surface area contributed by atoms with Gasteiger partial charge < -0.3 is 19.6 Å². The molecule has 3 aromatic carbocycles. The summed E-state index contributed by atoms with van der Waals surface area (Å²) in [5.41, 5.74) is 3.37. The molecule has 0 radical (unpaired) electrons. The Bertz CT molecular complexity index is 1640. The second-order valence-corrected chi connectivity index (χ2v) is 11.8. The van der Waals surface area contributed by atoms with Crippen LogP contribution in [0, 0.1) is 12.8 Å². The molecule has 210 valence electrons. The van der Waals surface area contributed by atoms with Gasteiger partial charge in [0, 0.05) is 11.3 Å². The quantitative estimate of drug-likeness (QED) is 0.220. The van der Waals surface area contributed by atoms with Crippen LogP contribution >= 0.6 is 0 Å². The third kappa shape index (κ3) is 6.19. The molecule has 0 bridgehead atoms. The van der Waals surface area contributed by atoms with Crippen LogP contribution in [0.4, 0.5) is 5.69 Å². The van der Waals surface area contributed by atoms with E-state index in [1.54, 1.807) is 56.3 Å². The summed E-state index contributed by atoms with van der Waals surface area (Å²) in [6.45, 7) is 8.95. The molecule has 3 N–H and O–H groups in total. The number of fused-ring (bicyclic) bond motifs is 1. The second-order valence-electron chi connectivity index (χ2n) is 10.1. The molecule has 0 aliphatic rings. The zero-order chi connectivity index (χ0) is 29.2. The highest BCUT2D eigenvalue weighted by Gasteiger charge is 2.28. The summed E-state index contributed by atoms with van der Waals surface area (Å²) in [4.78, 5) is 24.4. The Morgan fingerprint density at radius 3 is 2.05 bits per heavy atom. The lowest BCUT2D eigenvalue weighted by atomic mass is 10.1. The van der Waals surface area contributed by atoms with Gasteiger partial charge in [-0.2, -0.15) is 4.72 Å². The minimum absolute atomic E-state index is 0.0258. The molecule has 1 unspecified atom stereocenters. The Hall–Kier alpha value is -4.15. The number of carboxylic acid groups (broad SMARTS) is 1. The van der Waals surface area contributed by atoms with Gasteiger partial charge in [-0.25, -0.2) is 8.42 Å². The fraction of sp³-hybridized carbons (Fsp3) is 0.267. The van der Waals surface area contributed by atoms with Crippen LogP contribution in [0.2, 0.25) is 0 Å². The molecule has 4 aromatic rings. The van der Waals surface area contributed by atoms with E-state index in [0.717, 1.165) is 16.5 Å². The lowest BCUT2D eigenvalue weighted by molar-refractivity contribution is -0.140. The van der Waals surface area contributed by atoms with Gasteiger partial charge in [0.2, 0.25) is 10.0 Å². The number of carbonyl (C=O) groups excluding carboxylic acids is 1. The Morgan fingerprint density at radius 1 is 0.900 bits per heavy atom. The molecule has 0 saturated heterocycles. The summed E-state index contributed by atoms with van der Waals surface area (Å²) in [7, 11) is -4.01. The number of carboxylic acids is 1. The van der Waals surface area contributed by atoms with Crippen molar-refractivity contribution in [2.75, 3.05) is 5.32 Å². The average molecular weight is 565 g/mol. The summed E-state index contributed by atoms with van der Waals surface area (Å²) in [5, 5.41) is 12.9. The van der Waals surface area contributed by atoms with Crippen molar-refractivity contribution in [1.29, 1.82) is 0 Å². The van der Waals surface area contributed by atoms with Gasteiger partial charge in [0.05, 0.1) is 16.4 Å². The number of aryl methyl sites for hydroxylation is 1. The van der Waals surface area contributed by atoms with Gasteiger partial charge in [0.1, 0.15) is 17.4 Å². The lowest BCUT2D eigenvalue weighted by Gasteiger charge is -2.18. The third-order valence-electron chi connectivity index (χ3n) is 6.34. The normalized spacial score (nSPS) is 12.6. The monoisotopic (exact) mass is 564 g/mol. The van der Waals surface area contributed by atoms with Crippen LogP contribution in [-0.4, -0.2) is 37.5 Å². The van der Waals surface area contributed by atoms with E-state index in [4.69, 9.17) is 9.15 Å². The van der Waals surface area contributed by atoms with E-state index in [9.17, 15) is 23.1 Å². The number of anilines is 1. The highest BCUT2D eigenvalue weighted by Crippen LogP contribution is 2.34. The molecule has 4 rings (SSSR count). The van der Waals surface area contributed by atoms with Gasteiger partial charge in [-0.05, 0) is 74.2 Å². The van der Waals surface area contributed by atoms with Crippen molar-refractivity contribution in [2.45, 2.75) is 51.7 Å². The predicted octanol–water partition coefficient (Wildman–Crippen LogP) is 5.84. The molecule has 0 spiro atoms. The topological polar surface area (TPSA) is 135 Å². The number of hydrogen-bond donors (Lipinski definition) is 3. The van der Waals surface area contributed by atoms with E-state index in [0.29, 0.717) is 22.6 Å². The van der Waals surface area contributed by atoms with Gasteiger partial charge in [-0.3, -0.25) is 9.59 Å². The molecule has 1 aromatic heterocycles. The SMILES string of the molecule is Cc1c(C(=O)Nc2ccc(-c3ccc(S(=O)(=O)NC(C(=O)O)C(C)C)cc3)cc2)oc2cccc(OC(C)C)c12. The number of furan rings is 1. The molecule has 0 fully saturated rings. The Labute approximate surface area is 233 Å². The van der Waals surface area contributed by atoms with Crippen molar-refractivity contribution in [3.8, 4) is 16.9 Å². The van der Waals surface area contributed by atoms with Crippen molar-refractivity contribution >= 4 is 38.6 Å². The van der Waals surface area contributed by atoms with Gasteiger partial charge in [0.25, 0.3) is 5.91 Å². The van der Waals surface area contributed by atoms with E-state index in [-0.39, 0.29) is 22.7 Å². The molecule has 0 aliphatic carbocycles. The average Bonchev–Trinajstić information content (AvgIpc) is 3.24. The molecular formula is C30H32N2O7S. The zero-order valence-electron chi connectivity index (χ0n) is 22.9. The maximum absolute atomic E-state index is 13.0. The van der Waals surface area contributed by atoms with Crippen molar-refractivity contribution in [3.05, 3.63) is 78.1 Å². The molecule has 1 amide bonds. The van der Waals surface area contributed by atoms with Gasteiger partial charge >= 0.3 is 5.97 Å². The highest BCUT2D eigenvalue weighted by molar-refractivity contribution is 7.89. The molecule has 40 heavy (non-hydrogen) atoms. The lowest BCUT2D eigenvalue weighted by Crippen LogP contribution is -2.44. The van der Waals surface area contributed by atoms with Crippen LogP contribution in [0.1, 0.15) is 43.8 Å². The van der Waals surface area contributed by atoms with Gasteiger partial charge in [-0.1, -0.05) is 44.2 Å².